The molecule has 4 nitrogen and oxygen atoms in total. The second-order valence-electron chi connectivity index (χ2n) is 0. The summed E-state index contributed by atoms with van der Waals surface area (Å²) in [6.07, 6.45) is 0. The normalized spacial score (nSPS) is 0. The summed E-state index contributed by atoms with van der Waals surface area (Å²) in [6, 6.07) is 0. The monoisotopic (exact) mass is 315 g/mol. The molecule has 43 valence electrons. The molecule has 0 spiro atoms. The molecule has 3 radical (unpaired) electrons. The van der Waals surface area contributed by atoms with E-state index in [-0.39, 0.29) is 97.8 Å². The van der Waals surface area contributed by atoms with Crippen molar-refractivity contribution in [2.24, 2.45) is 0 Å². The van der Waals surface area contributed by atoms with Crippen molar-refractivity contribution in [3.63, 3.8) is 0 Å². The van der Waals surface area contributed by atoms with Crippen molar-refractivity contribution in [3.05, 3.63) is 0 Å². The van der Waals surface area contributed by atoms with Gasteiger partial charge in [-0.05, 0) is 0 Å². The molecule has 0 N–H and O–H groups in total. The second-order valence-corrected chi connectivity index (χ2v) is 0. The topological polar surface area (TPSA) is 114 Å². The Morgan fingerprint density at radius 1 is 0.571 bits per heavy atom. The number of hydrogen-bond acceptors (Lipinski definition) is 0. The Hall–Kier alpha value is 2.26. The summed E-state index contributed by atoms with van der Waals surface area (Å²) in [5, 5.41) is 0. The Labute approximate surface area is 96.4 Å². The molecule has 0 aliphatic heterocycles. The fourth-order valence-electron chi connectivity index (χ4n) is 0. The molecule has 0 saturated heterocycles. The van der Waals surface area contributed by atoms with Crippen LogP contribution in [-0.2, 0) is 56.0 Å². The van der Waals surface area contributed by atoms with Crippen LogP contribution in [0.1, 0.15) is 0 Å². The standard InChI is InChI=1S/Ce.Fe.Mn.4O/q2*+3;+2;4*-2. The van der Waals surface area contributed by atoms with E-state index in [1.807, 2.05) is 0 Å². The zero-order valence-corrected chi connectivity index (χ0v) is 8.29. The molecule has 0 aromatic heterocycles. The third-order valence-electron chi connectivity index (χ3n) is 0. The van der Waals surface area contributed by atoms with E-state index in [4.69, 9.17) is 0 Å². The maximum atomic E-state index is 0. The molecule has 7 heavy (non-hydrogen) atoms. The van der Waals surface area contributed by atoms with Crippen LogP contribution in [0.15, 0.2) is 0 Å². The van der Waals surface area contributed by atoms with Gasteiger partial charge in [0.2, 0.25) is 0 Å². The van der Waals surface area contributed by atoms with Gasteiger partial charge in [-0.25, -0.2) is 0 Å². The van der Waals surface area contributed by atoms with Gasteiger partial charge in [-0.3, -0.25) is 0 Å². The van der Waals surface area contributed by atoms with Crippen LogP contribution in [0.4, 0.5) is 0 Å². The summed E-state index contributed by atoms with van der Waals surface area (Å²) in [6.45, 7) is 0. The van der Waals surface area contributed by atoms with Crippen LogP contribution in [0, 0.1) is 41.7 Å². The summed E-state index contributed by atoms with van der Waals surface area (Å²) in [7, 11) is 0. The average molecular weight is 315 g/mol. The molecule has 0 aliphatic carbocycles. The van der Waals surface area contributed by atoms with Gasteiger partial charge in [0.25, 0.3) is 0 Å². The summed E-state index contributed by atoms with van der Waals surface area (Å²) in [5.41, 5.74) is 0. The Balaban J connectivity index is 0. The summed E-state index contributed by atoms with van der Waals surface area (Å²) in [5.74, 6) is 0. The van der Waals surface area contributed by atoms with E-state index in [2.05, 4.69) is 0 Å². The Morgan fingerprint density at radius 2 is 0.571 bits per heavy atom. The average Bonchev–Trinajstić information content (AvgIpc) is 0. The molecule has 0 aromatic rings. The van der Waals surface area contributed by atoms with Crippen LogP contribution in [0.3, 0.4) is 0 Å². The predicted molar refractivity (Wildman–Crippen MR) is 2.75 cm³/mol. The van der Waals surface area contributed by atoms with E-state index in [1.54, 1.807) is 0 Å². The SMILES string of the molecule is [Ce+3].[Fe+3].[Mn+2].[O-2].[O-2].[O-2].[O-2]. The first-order valence-electron chi connectivity index (χ1n) is 0. The largest absolute Gasteiger partial charge is 3.00 e. The minimum atomic E-state index is 0. The third kappa shape index (κ3) is 63.5. The first kappa shape index (κ1) is 124. The first-order chi connectivity index (χ1) is 0. The molecule has 0 aliphatic rings. The Bertz CT molecular complexity index is 11.7. The van der Waals surface area contributed by atoms with Gasteiger partial charge >= 0.3 is 75.9 Å². The molecule has 0 unspecified atom stereocenters. The third-order valence-corrected chi connectivity index (χ3v) is 0. The van der Waals surface area contributed by atoms with E-state index >= 15 is 0 Å². The van der Waals surface area contributed by atoms with Crippen molar-refractivity contribution in [1.82, 2.24) is 0 Å². The van der Waals surface area contributed by atoms with Crippen molar-refractivity contribution < 1.29 is 97.8 Å². The molecule has 0 saturated carbocycles. The van der Waals surface area contributed by atoms with Crippen LogP contribution in [0.5, 0.6) is 0 Å². The van der Waals surface area contributed by atoms with Crippen molar-refractivity contribution in [2.45, 2.75) is 0 Å². The fraction of sp³-hybridized carbons (Fsp3) is 0. The van der Waals surface area contributed by atoms with Gasteiger partial charge in [0.05, 0.1) is 0 Å². The maximum Gasteiger partial charge on any atom is 3.00 e. The molecule has 0 bridgehead atoms. The Kier molecular flexibility index (Phi) is 1510. The molecular formula is CeFeMnO4. The van der Waals surface area contributed by atoms with Crippen molar-refractivity contribution in [3.8, 4) is 0 Å². The predicted octanol–water partition coefficient (Wildman–Crippen LogP) is -0.480. The van der Waals surface area contributed by atoms with Gasteiger partial charge in [0.1, 0.15) is 0 Å². The molecule has 0 heterocycles. The van der Waals surface area contributed by atoms with Gasteiger partial charge in [0.15, 0.2) is 0 Å². The zero-order chi connectivity index (χ0) is 0. The first-order valence-corrected chi connectivity index (χ1v) is 0. The Morgan fingerprint density at radius 3 is 0.571 bits per heavy atom. The van der Waals surface area contributed by atoms with Crippen LogP contribution in [0.25, 0.3) is 0 Å². The van der Waals surface area contributed by atoms with Crippen molar-refractivity contribution in [2.75, 3.05) is 0 Å². The van der Waals surface area contributed by atoms with Gasteiger partial charge in [-0.2, -0.15) is 0 Å². The van der Waals surface area contributed by atoms with Gasteiger partial charge in [-0.1, -0.05) is 0 Å². The van der Waals surface area contributed by atoms with Crippen molar-refractivity contribution >= 4 is 0 Å². The minimum Gasteiger partial charge on any atom is -2.00 e. The minimum absolute atomic E-state index is 0. The van der Waals surface area contributed by atoms with Crippen LogP contribution in [0.2, 0.25) is 0 Å². The van der Waals surface area contributed by atoms with Crippen LogP contribution in [-0.4, -0.2) is 0 Å². The molecule has 0 fully saturated rings. The summed E-state index contributed by atoms with van der Waals surface area (Å²) < 4.78 is 0. The molecule has 0 rings (SSSR count). The van der Waals surface area contributed by atoms with Gasteiger partial charge < -0.3 is 21.9 Å². The molecule has 7 heteroatoms. The number of rotatable bonds is 0. The maximum absolute atomic E-state index is 0. The van der Waals surface area contributed by atoms with E-state index < -0.39 is 0 Å². The van der Waals surface area contributed by atoms with Crippen molar-refractivity contribution in [1.29, 1.82) is 0 Å². The van der Waals surface area contributed by atoms with Crippen LogP contribution < -0.4 is 0 Å². The second kappa shape index (κ2) is 85.4. The quantitative estimate of drug-likeness (QED) is 0.537. The fourth-order valence-corrected chi connectivity index (χ4v) is 0. The van der Waals surface area contributed by atoms with E-state index in [9.17, 15) is 0 Å². The molecule has 0 amide bonds. The van der Waals surface area contributed by atoms with Gasteiger partial charge in [-0.15, -0.1) is 0 Å². The molecule has 0 atom stereocenters. The van der Waals surface area contributed by atoms with Crippen LogP contribution >= 0.6 is 0 Å². The van der Waals surface area contributed by atoms with Gasteiger partial charge in [0, 0.05) is 0 Å². The number of hydrogen-bond donors (Lipinski definition) is 0. The summed E-state index contributed by atoms with van der Waals surface area (Å²) >= 11 is 0. The van der Waals surface area contributed by atoms with E-state index in [0.29, 0.717) is 0 Å². The zero-order valence-electron chi connectivity index (χ0n) is 2.86. The summed E-state index contributed by atoms with van der Waals surface area (Å²) in [4.78, 5) is 0. The molecular weight excluding hydrogens is 315 g/mol. The smallest absolute Gasteiger partial charge is 2.00 e. The van der Waals surface area contributed by atoms with E-state index in [0.717, 1.165) is 0 Å². The van der Waals surface area contributed by atoms with E-state index in [1.165, 1.54) is 0 Å². The molecule has 0 aromatic carbocycles.